The standard InChI is InChI=1S/C36H43FN2/c1-6-28-25-31(19-18-29(28)15-11-23-38-22-10-12-27(3)39(4)5)36-34-16-8-7-13-30(34)14-9-17-35(36)33-21-20-32(37)24-26(33)2/h7-8,10,12-13,16,18-21,24-25,38H,3,6,9,11,14-15,17,22-23H2,1-2,4-5H3/b12-10+. The lowest BCUT2D eigenvalue weighted by molar-refractivity contribution is 0.532. The number of halogens is 1. The zero-order chi connectivity index (χ0) is 27.8. The van der Waals surface area contributed by atoms with Gasteiger partial charge >= 0.3 is 0 Å². The molecule has 204 valence electrons. The number of hydrogen-bond acceptors (Lipinski definition) is 2. The lowest BCUT2D eigenvalue weighted by Gasteiger charge is -2.19. The van der Waals surface area contributed by atoms with Crippen molar-refractivity contribution in [2.75, 3.05) is 27.2 Å². The highest BCUT2D eigenvalue weighted by Crippen LogP contribution is 2.41. The summed E-state index contributed by atoms with van der Waals surface area (Å²) in [6, 6.07) is 21.1. The minimum atomic E-state index is -0.172. The van der Waals surface area contributed by atoms with Crippen LogP contribution in [-0.4, -0.2) is 32.1 Å². The highest BCUT2D eigenvalue weighted by Gasteiger charge is 2.21. The molecular formula is C36H43FN2. The third kappa shape index (κ3) is 7.16. The Bertz CT molecular complexity index is 1360. The van der Waals surface area contributed by atoms with Crippen molar-refractivity contribution in [3.8, 4) is 0 Å². The van der Waals surface area contributed by atoms with Crippen LogP contribution in [0.4, 0.5) is 4.39 Å². The molecule has 0 unspecified atom stereocenters. The van der Waals surface area contributed by atoms with Gasteiger partial charge in [0.25, 0.3) is 0 Å². The molecule has 0 aliphatic heterocycles. The molecule has 39 heavy (non-hydrogen) atoms. The Morgan fingerprint density at radius 1 is 1.00 bits per heavy atom. The zero-order valence-corrected chi connectivity index (χ0v) is 24.1. The Hall–Kier alpha value is -3.43. The van der Waals surface area contributed by atoms with E-state index in [0.29, 0.717) is 0 Å². The van der Waals surface area contributed by atoms with E-state index >= 15 is 0 Å². The Morgan fingerprint density at radius 2 is 1.82 bits per heavy atom. The predicted molar refractivity (Wildman–Crippen MR) is 165 cm³/mol. The van der Waals surface area contributed by atoms with Gasteiger partial charge in [-0.2, -0.15) is 0 Å². The van der Waals surface area contributed by atoms with E-state index < -0.39 is 0 Å². The molecule has 0 heterocycles. The van der Waals surface area contributed by atoms with Crippen molar-refractivity contribution in [3.63, 3.8) is 0 Å². The summed E-state index contributed by atoms with van der Waals surface area (Å²) in [6.07, 6.45) is 10.5. The van der Waals surface area contributed by atoms with Crippen LogP contribution in [0.25, 0.3) is 11.1 Å². The number of allylic oxidation sites excluding steroid dienone is 2. The van der Waals surface area contributed by atoms with Gasteiger partial charge in [0.05, 0.1) is 0 Å². The van der Waals surface area contributed by atoms with Gasteiger partial charge in [0.15, 0.2) is 0 Å². The van der Waals surface area contributed by atoms with Crippen molar-refractivity contribution in [1.29, 1.82) is 0 Å². The molecule has 0 radical (unpaired) electrons. The highest BCUT2D eigenvalue weighted by molar-refractivity contribution is 6.00. The molecule has 1 N–H and O–H groups in total. The fourth-order valence-electron chi connectivity index (χ4n) is 5.58. The molecule has 0 saturated heterocycles. The second kappa shape index (κ2) is 13.6. The van der Waals surface area contributed by atoms with Gasteiger partial charge in [-0.3, -0.25) is 0 Å². The first-order valence-electron chi connectivity index (χ1n) is 14.3. The number of likely N-dealkylation sites (N-methyl/N-ethyl adjacent to an activating group) is 1. The van der Waals surface area contributed by atoms with E-state index in [1.165, 1.54) is 44.5 Å². The van der Waals surface area contributed by atoms with Gasteiger partial charge in [-0.1, -0.05) is 68.1 Å². The van der Waals surface area contributed by atoms with E-state index in [9.17, 15) is 4.39 Å². The van der Waals surface area contributed by atoms with Gasteiger partial charge in [0, 0.05) is 26.3 Å². The van der Waals surface area contributed by atoms with Crippen molar-refractivity contribution in [1.82, 2.24) is 10.2 Å². The van der Waals surface area contributed by atoms with Gasteiger partial charge in [-0.15, -0.1) is 0 Å². The second-order valence-corrected chi connectivity index (χ2v) is 10.8. The molecule has 3 heteroatoms. The first-order chi connectivity index (χ1) is 18.9. The smallest absolute Gasteiger partial charge is 0.123 e. The van der Waals surface area contributed by atoms with E-state index in [4.69, 9.17) is 0 Å². The van der Waals surface area contributed by atoms with E-state index in [1.54, 1.807) is 12.1 Å². The minimum Gasteiger partial charge on any atom is -0.378 e. The van der Waals surface area contributed by atoms with E-state index in [0.717, 1.165) is 62.9 Å². The maximum absolute atomic E-state index is 14.0. The lowest BCUT2D eigenvalue weighted by atomic mass is 9.85. The highest BCUT2D eigenvalue weighted by atomic mass is 19.1. The molecular weight excluding hydrogens is 479 g/mol. The number of benzene rings is 3. The van der Waals surface area contributed by atoms with Crippen molar-refractivity contribution < 1.29 is 4.39 Å². The van der Waals surface area contributed by atoms with Crippen LogP contribution in [0.15, 0.2) is 85.1 Å². The van der Waals surface area contributed by atoms with Crippen LogP contribution in [0.3, 0.4) is 0 Å². The number of rotatable bonds is 11. The van der Waals surface area contributed by atoms with Crippen LogP contribution >= 0.6 is 0 Å². The number of hydrogen-bond donors (Lipinski definition) is 1. The fourth-order valence-corrected chi connectivity index (χ4v) is 5.58. The molecule has 0 fully saturated rings. The SMILES string of the molecule is C=C(/C=C/CNCCCc1ccc(C2=C(c3ccc(F)cc3C)CCCc3ccccc32)cc1CC)N(C)C. The number of nitrogens with one attached hydrogen (secondary N) is 1. The maximum Gasteiger partial charge on any atom is 0.123 e. The van der Waals surface area contributed by atoms with E-state index in [1.807, 2.05) is 32.0 Å². The van der Waals surface area contributed by atoms with Gasteiger partial charge in [-0.25, -0.2) is 4.39 Å². The topological polar surface area (TPSA) is 15.3 Å². The van der Waals surface area contributed by atoms with Crippen molar-refractivity contribution in [2.24, 2.45) is 0 Å². The molecule has 0 saturated carbocycles. The summed E-state index contributed by atoms with van der Waals surface area (Å²) in [5.41, 5.74) is 12.7. The zero-order valence-electron chi connectivity index (χ0n) is 24.1. The summed E-state index contributed by atoms with van der Waals surface area (Å²) in [6.45, 7) is 10.1. The van der Waals surface area contributed by atoms with Crippen LogP contribution in [0.2, 0.25) is 0 Å². The third-order valence-electron chi connectivity index (χ3n) is 7.80. The van der Waals surface area contributed by atoms with Gasteiger partial charge in [0.2, 0.25) is 0 Å². The van der Waals surface area contributed by atoms with Crippen molar-refractivity contribution >= 4 is 11.1 Å². The fraction of sp³-hybridized carbons (Fsp3) is 0.333. The summed E-state index contributed by atoms with van der Waals surface area (Å²) in [4.78, 5) is 2.01. The van der Waals surface area contributed by atoms with Gasteiger partial charge in [0.1, 0.15) is 5.82 Å². The minimum absolute atomic E-state index is 0.172. The summed E-state index contributed by atoms with van der Waals surface area (Å²) in [5.74, 6) is -0.172. The summed E-state index contributed by atoms with van der Waals surface area (Å²) >= 11 is 0. The van der Waals surface area contributed by atoms with Crippen molar-refractivity contribution in [3.05, 3.63) is 130 Å². The average Bonchev–Trinajstić information content (AvgIpc) is 3.12. The number of aryl methyl sites for hydroxylation is 4. The van der Waals surface area contributed by atoms with E-state index in [-0.39, 0.29) is 5.82 Å². The van der Waals surface area contributed by atoms with Crippen LogP contribution < -0.4 is 5.32 Å². The Kier molecular flexibility index (Phi) is 9.95. The van der Waals surface area contributed by atoms with Crippen LogP contribution in [0.5, 0.6) is 0 Å². The molecule has 2 nitrogen and oxygen atoms in total. The molecule has 3 aromatic rings. The molecule has 1 aliphatic rings. The third-order valence-corrected chi connectivity index (χ3v) is 7.80. The maximum atomic E-state index is 14.0. The number of fused-ring (bicyclic) bond motifs is 1. The largest absolute Gasteiger partial charge is 0.378 e. The Labute approximate surface area is 235 Å². The lowest BCUT2D eigenvalue weighted by Crippen LogP contribution is -2.16. The summed E-state index contributed by atoms with van der Waals surface area (Å²) < 4.78 is 14.0. The quantitative estimate of drug-likeness (QED) is 0.202. The Morgan fingerprint density at radius 3 is 2.59 bits per heavy atom. The Balaban J connectivity index is 1.59. The first kappa shape index (κ1) is 28.6. The van der Waals surface area contributed by atoms with Crippen molar-refractivity contribution in [2.45, 2.75) is 52.4 Å². The second-order valence-electron chi connectivity index (χ2n) is 10.8. The molecule has 0 spiro atoms. The summed E-state index contributed by atoms with van der Waals surface area (Å²) in [7, 11) is 4.01. The summed E-state index contributed by atoms with van der Waals surface area (Å²) in [5, 5.41) is 3.52. The number of nitrogens with zero attached hydrogens (tertiary/aromatic N) is 1. The van der Waals surface area contributed by atoms with Gasteiger partial charge < -0.3 is 10.2 Å². The van der Waals surface area contributed by atoms with Crippen LogP contribution in [0.1, 0.15) is 65.1 Å². The molecule has 1 aliphatic carbocycles. The molecule has 3 aromatic carbocycles. The first-order valence-corrected chi connectivity index (χ1v) is 14.3. The monoisotopic (exact) mass is 522 g/mol. The van der Waals surface area contributed by atoms with Gasteiger partial charge in [-0.05, 0) is 120 Å². The molecule has 0 aromatic heterocycles. The molecule has 0 bridgehead atoms. The molecule has 0 amide bonds. The molecule has 4 rings (SSSR count). The van der Waals surface area contributed by atoms with Crippen LogP contribution in [-0.2, 0) is 19.3 Å². The normalized spacial score (nSPS) is 13.5. The molecule has 0 atom stereocenters. The predicted octanol–water partition coefficient (Wildman–Crippen LogP) is 8.15. The van der Waals surface area contributed by atoms with E-state index in [2.05, 4.69) is 73.4 Å². The van der Waals surface area contributed by atoms with Crippen LogP contribution in [0, 0.1) is 12.7 Å². The average molecular weight is 523 g/mol.